The monoisotopic (exact) mass is 196 g/mol. The van der Waals surface area contributed by atoms with Crippen molar-refractivity contribution in [3.63, 3.8) is 0 Å². The topological polar surface area (TPSA) is 26.3 Å². The Bertz CT molecular complexity index is 146. The molecule has 0 atom stereocenters. The molecule has 0 saturated heterocycles. The summed E-state index contributed by atoms with van der Waals surface area (Å²) in [5.41, 5.74) is 0. The molecule has 0 aliphatic heterocycles. The van der Waals surface area contributed by atoms with Crippen molar-refractivity contribution in [1.29, 1.82) is 0 Å². The number of allylic oxidation sites excluding steroid dienone is 1. The molecule has 0 radical (unpaired) electrons. The Balaban J connectivity index is 2.95. The molecule has 0 amide bonds. The molecule has 0 aliphatic rings. The van der Waals surface area contributed by atoms with Crippen LogP contribution in [0.3, 0.4) is 0 Å². The van der Waals surface area contributed by atoms with Gasteiger partial charge in [0.25, 0.3) is 0 Å². The first-order valence-corrected chi connectivity index (χ1v) is 5.66. The van der Waals surface area contributed by atoms with Gasteiger partial charge in [-0.15, -0.1) is 0 Å². The van der Waals surface area contributed by atoms with Crippen molar-refractivity contribution in [2.24, 2.45) is 0 Å². The standard InChI is InChI=1S/C11H21BO2/c1-2-3-4-5-6-7-8-9-10-11-14-12-13/h10-11H,2-9H2,1H3. The minimum atomic E-state index is 0.446. The molecule has 0 heterocycles. The summed E-state index contributed by atoms with van der Waals surface area (Å²) in [5.74, 6) is 0. The summed E-state index contributed by atoms with van der Waals surface area (Å²) in [5, 5.41) is 0. The van der Waals surface area contributed by atoms with E-state index in [1.165, 1.54) is 51.2 Å². The Labute approximate surface area is 88.0 Å². The Hall–Kier alpha value is -0.595. The van der Waals surface area contributed by atoms with Gasteiger partial charge >= 0.3 is 87.3 Å². The van der Waals surface area contributed by atoms with Crippen molar-refractivity contribution in [2.75, 3.05) is 0 Å². The Morgan fingerprint density at radius 2 is 1.71 bits per heavy atom. The number of rotatable bonds is 10. The third-order valence-corrected chi connectivity index (χ3v) is 2.20. The molecular weight excluding hydrogens is 175 g/mol. The van der Waals surface area contributed by atoms with Gasteiger partial charge in [0.2, 0.25) is 0 Å². The van der Waals surface area contributed by atoms with Gasteiger partial charge in [0.1, 0.15) is 0 Å². The van der Waals surface area contributed by atoms with E-state index < -0.39 is 0 Å². The van der Waals surface area contributed by atoms with E-state index in [4.69, 9.17) is 0 Å². The average molecular weight is 196 g/mol. The van der Waals surface area contributed by atoms with E-state index in [0.29, 0.717) is 7.35 Å². The van der Waals surface area contributed by atoms with Gasteiger partial charge in [-0.3, -0.25) is 0 Å². The second-order valence-corrected chi connectivity index (χ2v) is 3.51. The number of hydrogen-bond acceptors (Lipinski definition) is 2. The first-order valence-electron chi connectivity index (χ1n) is 5.66. The molecule has 0 aliphatic carbocycles. The summed E-state index contributed by atoms with van der Waals surface area (Å²) in [4.78, 5) is 0. The van der Waals surface area contributed by atoms with Gasteiger partial charge in [-0.05, 0) is 0 Å². The van der Waals surface area contributed by atoms with Gasteiger partial charge in [0.05, 0.1) is 0 Å². The molecule has 0 aromatic heterocycles. The molecule has 80 valence electrons. The van der Waals surface area contributed by atoms with Crippen molar-refractivity contribution >= 4 is 7.35 Å². The van der Waals surface area contributed by atoms with Crippen LogP contribution in [-0.4, -0.2) is 7.35 Å². The summed E-state index contributed by atoms with van der Waals surface area (Å²) in [6.07, 6.45) is 13.6. The zero-order valence-corrected chi connectivity index (χ0v) is 9.21. The predicted molar refractivity (Wildman–Crippen MR) is 59.3 cm³/mol. The molecule has 0 aromatic rings. The van der Waals surface area contributed by atoms with Crippen LogP contribution in [0.25, 0.3) is 0 Å². The van der Waals surface area contributed by atoms with E-state index in [9.17, 15) is 4.70 Å². The third-order valence-electron chi connectivity index (χ3n) is 2.20. The second kappa shape index (κ2) is 12.4. The average Bonchev–Trinajstić information content (AvgIpc) is 2.21. The van der Waals surface area contributed by atoms with E-state index in [2.05, 4.69) is 11.6 Å². The Morgan fingerprint density at radius 3 is 2.36 bits per heavy atom. The molecule has 14 heavy (non-hydrogen) atoms. The van der Waals surface area contributed by atoms with Gasteiger partial charge in [0.15, 0.2) is 0 Å². The summed E-state index contributed by atoms with van der Waals surface area (Å²) < 4.78 is 14.2. The fraction of sp³-hybridized carbons (Fsp3) is 0.818. The van der Waals surface area contributed by atoms with Crippen molar-refractivity contribution in [3.05, 3.63) is 12.3 Å². The summed E-state index contributed by atoms with van der Waals surface area (Å²) in [6, 6.07) is 0. The Morgan fingerprint density at radius 1 is 1.07 bits per heavy atom. The molecule has 0 saturated carbocycles. The van der Waals surface area contributed by atoms with Crippen LogP contribution < -0.4 is 0 Å². The summed E-state index contributed by atoms with van der Waals surface area (Å²) in [6.45, 7) is 2.23. The van der Waals surface area contributed by atoms with Gasteiger partial charge < -0.3 is 0 Å². The molecular formula is C11H21BO2. The normalized spacial score (nSPS) is 10.4. The Kier molecular flexibility index (Phi) is 11.9. The van der Waals surface area contributed by atoms with Gasteiger partial charge in [-0.1, -0.05) is 0 Å². The first-order chi connectivity index (χ1) is 6.91. The third kappa shape index (κ3) is 11.4. The fourth-order valence-electron chi connectivity index (χ4n) is 1.37. The SMILES string of the molecule is CCCCCCCCCC=COB=O. The van der Waals surface area contributed by atoms with Crippen LogP contribution in [0.1, 0.15) is 58.3 Å². The van der Waals surface area contributed by atoms with Crippen molar-refractivity contribution < 1.29 is 9.36 Å². The van der Waals surface area contributed by atoms with Crippen LogP contribution in [0.4, 0.5) is 0 Å². The molecule has 0 rings (SSSR count). The number of unbranched alkanes of at least 4 members (excludes halogenated alkanes) is 7. The summed E-state index contributed by atoms with van der Waals surface area (Å²) >= 11 is 0. The zero-order chi connectivity index (χ0) is 10.5. The zero-order valence-electron chi connectivity index (χ0n) is 9.21. The van der Waals surface area contributed by atoms with Crippen molar-refractivity contribution in [3.8, 4) is 0 Å². The molecule has 2 nitrogen and oxygen atoms in total. The van der Waals surface area contributed by atoms with Crippen LogP contribution in [-0.2, 0) is 9.36 Å². The molecule has 3 heteroatoms. The van der Waals surface area contributed by atoms with Gasteiger partial charge in [-0.25, -0.2) is 0 Å². The van der Waals surface area contributed by atoms with Crippen LogP contribution in [0.15, 0.2) is 12.3 Å². The fourth-order valence-corrected chi connectivity index (χ4v) is 1.37. The quantitative estimate of drug-likeness (QED) is 0.303. The van der Waals surface area contributed by atoms with Crippen LogP contribution in [0.2, 0.25) is 0 Å². The molecule has 0 fully saturated rings. The molecule has 0 aromatic carbocycles. The van der Waals surface area contributed by atoms with Crippen LogP contribution in [0, 0.1) is 0 Å². The molecule has 0 unspecified atom stereocenters. The van der Waals surface area contributed by atoms with Crippen molar-refractivity contribution in [2.45, 2.75) is 58.3 Å². The van der Waals surface area contributed by atoms with E-state index in [1.54, 1.807) is 0 Å². The maximum atomic E-state index is 9.77. The van der Waals surface area contributed by atoms with Crippen LogP contribution in [0.5, 0.6) is 0 Å². The summed E-state index contributed by atoms with van der Waals surface area (Å²) in [7, 11) is 0.446. The van der Waals surface area contributed by atoms with E-state index in [-0.39, 0.29) is 0 Å². The minimum absolute atomic E-state index is 0.446. The molecule has 0 spiro atoms. The maximum absolute atomic E-state index is 9.77. The molecule has 0 N–H and O–H groups in total. The van der Waals surface area contributed by atoms with Crippen LogP contribution >= 0.6 is 0 Å². The van der Waals surface area contributed by atoms with E-state index in [0.717, 1.165) is 6.42 Å². The van der Waals surface area contributed by atoms with Gasteiger partial charge in [0, 0.05) is 0 Å². The number of hydrogen-bond donors (Lipinski definition) is 0. The predicted octanol–water partition coefficient (Wildman–Crippen LogP) is 3.62. The first kappa shape index (κ1) is 13.4. The molecule has 0 bridgehead atoms. The van der Waals surface area contributed by atoms with E-state index >= 15 is 0 Å². The van der Waals surface area contributed by atoms with Gasteiger partial charge in [-0.2, -0.15) is 0 Å². The van der Waals surface area contributed by atoms with E-state index in [1.807, 2.05) is 6.08 Å². The van der Waals surface area contributed by atoms with Crippen molar-refractivity contribution in [1.82, 2.24) is 0 Å². The second-order valence-electron chi connectivity index (χ2n) is 3.51.